The zero-order valence-corrected chi connectivity index (χ0v) is 6.73. The van der Waals surface area contributed by atoms with E-state index in [1.807, 2.05) is 6.92 Å². The number of azide groups is 1. The number of aryl methyl sites for hydroxylation is 1. The minimum atomic E-state index is 0.0813. The van der Waals surface area contributed by atoms with Crippen LogP contribution >= 0.6 is 0 Å². The van der Waals surface area contributed by atoms with Crippen molar-refractivity contribution in [2.24, 2.45) is 5.11 Å². The number of aromatic hydroxyl groups is 1. The summed E-state index contributed by atoms with van der Waals surface area (Å²) in [6.07, 6.45) is 0.723. The Morgan fingerprint density at radius 2 is 2.33 bits per heavy atom. The number of nitrogens with zero attached hydrogens (tertiary/aromatic N) is 3. The molecule has 0 atom stereocenters. The van der Waals surface area contributed by atoms with E-state index in [2.05, 4.69) is 10.0 Å². The second-order valence-electron chi connectivity index (χ2n) is 2.33. The van der Waals surface area contributed by atoms with E-state index in [1.54, 1.807) is 18.2 Å². The molecule has 4 heteroatoms. The predicted octanol–water partition coefficient (Wildman–Crippen LogP) is 2.90. The molecule has 0 saturated heterocycles. The van der Waals surface area contributed by atoms with E-state index in [0.717, 1.165) is 12.0 Å². The summed E-state index contributed by atoms with van der Waals surface area (Å²) >= 11 is 0. The van der Waals surface area contributed by atoms with Gasteiger partial charge in [0, 0.05) is 4.91 Å². The highest BCUT2D eigenvalue weighted by atomic mass is 16.3. The van der Waals surface area contributed by atoms with Crippen molar-refractivity contribution in [3.05, 3.63) is 34.2 Å². The van der Waals surface area contributed by atoms with Gasteiger partial charge in [-0.25, -0.2) is 0 Å². The van der Waals surface area contributed by atoms with E-state index in [1.165, 1.54) is 0 Å². The normalized spacial score (nSPS) is 9.08. The third-order valence-corrected chi connectivity index (χ3v) is 1.63. The number of phenolic OH excluding ortho intramolecular Hbond substituents is 1. The zero-order valence-electron chi connectivity index (χ0n) is 6.73. The monoisotopic (exact) mass is 163 g/mol. The molecule has 0 fully saturated rings. The van der Waals surface area contributed by atoms with Crippen LogP contribution in [0.5, 0.6) is 5.75 Å². The fourth-order valence-corrected chi connectivity index (χ4v) is 0.992. The van der Waals surface area contributed by atoms with Gasteiger partial charge in [0.2, 0.25) is 0 Å². The smallest absolute Gasteiger partial charge is 0.128 e. The first-order valence-corrected chi connectivity index (χ1v) is 3.65. The molecule has 0 bridgehead atoms. The van der Waals surface area contributed by atoms with Crippen LogP contribution in [0.3, 0.4) is 0 Å². The molecule has 0 aromatic heterocycles. The van der Waals surface area contributed by atoms with Gasteiger partial charge in [-0.1, -0.05) is 24.2 Å². The van der Waals surface area contributed by atoms with Gasteiger partial charge in [0.25, 0.3) is 0 Å². The first kappa shape index (κ1) is 8.43. The molecule has 1 aromatic carbocycles. The highest BCUT2D eigenvalue weighted by molar-refractivity contribution is 5.54. The Kier molecular flexibility index (Phi) is 2.56. The summed E-state index contributed by atoms with van der Waals surface area (Å²) in [4.78, 5) is 2.61. The fraction of sp³-hybridized carbons (Fsp3) is 0.250. The SMILES string of the molecule is CCc1cccc(N=[N+]=[N-])c1O. The van der Waals surface area contributed by atoms with Crippen molar-refractivity contribution in [3.8, 4) is 5.75 Å². The van der Waals surface area contributed by atoms with E-state index < -0.39 is 0 Å². The number of para-hydroxylation sites is 1. The third-order valence-electron chi connectivity index (χ3n) is 1.63. The van der Waals surface area contributed by atoms with Gasteiger partial charge in [0.1, 0.15) is 5.75 Å². The number of hydrogen-bond donors (Lipinski definition) is 1. The van der Waals surface area contributed by atoms with Crippen molar-refractivity contribution in [1.29, 1.82) is 0 Å². The molecule has 0 saturated carbocycles. The molecule has 0 radical (unpaired) electrons. The van der Waals surface area contributed by atoms with Crippen LogP contribution in [-0.2, 0) is 6.42 Å². The van der Waals surface area contributed by atoms with Crippen LogP contribution in [0.4, 0.5) is 5.69 Å². The summed E-state index contributed by atoms with van der Waals surface area (Å²) in [5.41, 5.74) is 9.24. The number of phenols is 1. The van der Waals surface area contributed by atoms with E-state index in [-0.39, 0.29) is 11.4 Å². The minimum Gasteiger partial charge on any atom is -0.507 e. The van der Waals surface area contributed by atoms with Gasteiger partial charge in [-0.2, -0.15) is 0 Å². The Morgan fingerprint density at radius 3 is 2.92 bits per heavy atom. The van der Waals surface area contributed by atoms with Crippen molar-refractivity contribution in [2.75, 3.05) is 0 Å². The van der Waals surface area contributed by atoms with Gasteiger partial charge >= 0.3 is 0 Å². The summed E-state index contributed by atoms with van der Waals surface area (Å²) in [5.74, 6) is 0.0813. The molecule has 0 aliphatic rings. The molecule has 0 aliphatic carbocycles. The van der Waals surface area contributed by atoms with E-state index in [9.17, 15) is 5.11 Å². The van der Waals surface area contributed by atoms with Crippen LogP contribution in [0.25, 0.3) is 10.4 Å². The van der Waals surface area contributed by atoms with Gasteiger partial charge in [-0.3, -0.25) is 0 Å². The number of hydrogen-bond acceptors (Lipinski definition) is 2. The molecule has 62 valence electrons. The average molecular weight is 163 g/mol. The average Bonchev–Trinajstić information content (AvgIpc) is 2.09. The van der Waals surface area contributed by atoms with Crippen molar-refractivity contribution >= 4 is 5.69 Å². The number of rotatable bonds is 2. The Balaban J connectivity index is 3.22. The molecule has 0 unspecified atom stereocenters. The summed E-state index contributed by atoms with van der Waals surface area (Å²) in [6, 6.07) is 5.13. The lowest BCUT2D eigenvalue weighted by Crippen LogP contribution is -1.79. The second kappa shape index (κ2) is 3.64. The van der Waals surface area contributed by atoms with Crippen LogP contribution in [0.2, 0.25) is 0 Å². The van der Waals surface area contributed by atoms with Crippen LogP contribution in [0.1, 0.15) is 12.5 Å². The highest BCUT2D eigenvalue weighted by Crippen LogP contribution is 2.30. The van der Waals surface area contributed by atoms with Crippen LogP contribution in [-0.4, -0.2) is 5.11 Å². The summed E-state index contributed by atoms with van der Waals surface area (Å²) in [7, 11) is 0. The van der Waals surface area contributed by atoms with E-state index >= 15 is 0 Å². The summed E-state index contributed by atoms with van der Waals surface area (Å²) in [6.45, 7) is 1.93. The molecule has 0 aliphatic heterocycles. The van der Waals surface area contributed by atoms with Gasteiger partial charge in [-0.05, 0) is 23.6 Å². The van der Waals surface area contributed by atoms with Gasteiger partial charge < -0.3 is 5.11 Å². The van der Waals surface area contributed by atoms with Crippen molar-refractivity contribution in [1.82, 2.24) is 0 Å². The molecular weight excluding hydrogens is 154 g/mol. The Labute approximate surface area is 70.1 Å². The lowest BCUT2D eigenvalue weighted by atomic mass is 10.1. The molecule has 12 heavy (non-hydrogen) atoms. The topological polar surface area (TPSA) is 69.0 Å². The van der Waals surface area contributed by atoms with Crippen LogP contribution in [0.15, 0.2) is 23.3 Å². The first-order valence-electron chi connectivity index (χ1n) is 3.65. The largest absolute Gasteiger partial charge is 0.507 e. The lowest BCUT2D eigenvalue weighted by molar-refractivity contribution is 0.470. The predicted molar refractivity (Wildman–Crippen MR) is 46.3 cm³/mol. The van der Waals surface area contributed by atoms with Gasteiger partial charge in [-0.15, -0.1) is 0 Å². The fourth-order valence-electron chi connectivity index (χ4n) is 0.992. The molecule has 1 N–H and O–H groups in total. The van der Waals surface area contributed by atoms with Gasteiger partial charge in [0.05, 0.1) is 5.69 Å². The molecule has 1 rings (SSSR count). The Hall–Kier alpha value is -1.67. The Morgan fingerprint density at radius 1 is 1.58 bits per heavy atom. The molecule has 4 nitrogen and oxygen atoms in total. The molecule has 1 aromatic rings. The minimum absolute atomic E-state index is 0.0813. The maximum Gasteiger partial charge on any atom is 0.128 e. The van der Waals surface area contributed by atoms with Crippen molar-refractivity contribution in [3.63, 3.8) is 0 Å². The summed E-state index contributed by atoms with van der Waals surface area (Å²) < 4.78 is 0. The lowest BCUT2D eigenvalue weighted by Gasteiger charge is -2.02. The second-order valence-corrected chi connectivity index (χ2v) is 2.33. The summed E-state index contributed by atoms with van der Waals surface area (Å²) in [5, 5.41) is 12.8. The van der Waals surface area contributed by atoms with E-state index in [4.69, 9.17) is 5.53 Å². The van der Waals surface area contributed by atoms with Crippen LogP contribution < -0.4 is 0 Å². The van der Waals surface area contributed by atoms with Crippen molar-refractivity contribution in [2.45, 2.75) is 13.3 Å². The Bertz CT molecular complexity index is 329. The van der Waals surface area contributed by atoms with Crippen molar-refractivity contribution < 1.29 is 5.11 Å². The first-order chi connectivity index (χ1) is 5.79. The molecule has 0 amide bonds. The van der Waals surface area contributed by atoms with E-state index in [0.29, 0.717) is 0 Å². The highest BCUT2D eigenvalue weighted by Gasteiger charge is 2.01. The number of benzene rings is 1. The maximum absolute atomic E-state index is 9.46. The van der Waals surface area contributed by atoms with Gasteiger partial charge in [0.15, 0.2) is 0 Å². The molecule has 0 heterocycles. The third kappa shape index (κ3) is 1.49. The molecular formula is C8H9N3O. The maximum atomic E-state index is 9.46. The van der Waals surface area contributed by atoms with Crippen LogP contribution in [0, 0.1) is 0 Å². The zero-order chi connectivity index (χ0) is 8.97. The molecule has 0 spiro atoms. The standard InChI is InChI=1S/C8H9N3O/c1-2-6-4-3-5-7(8(6)12)10-11-9/h3-5,12H,2H2,1H3. The quantitative estimate of drug-likeness (QED) is 0.406.